The van der Waals surface area contributed by atoms with Crippen LogP contribution >= 0.6 is 0 Å². The summed E-state index contributed by atoms with van der Waals surface area (Å²) in [5.41, 5.74) is 8.75. The Morgan fingerprint density at radius 3 is 2.27 bits per heavy atom. The minimum Gasteiger partial charge on any atom is -0.489 e. The van der Waals surface area contributed by atoms with Crippen molar-refractivity contribution in [3.05, 3.63) is 106 Å². The lowest BCUT2D eigenvalue weighted by Crippen LogP contribution is -2.33. The van der Waals surface area contributed by atoms with E-state index in [9.17, 15) is 9.59 Å². The van der Waals surface area contributed by atoms with Crippen LogP contribution in [0.1, 0.15) is 27.5 Å². The highest BCUT2D eigenvalue weighted by Crippen LogP contribution is 2.34. The van der Waals surface area contributed by atoms with Gasteiger partial charge in [0.05, 0.1) is 13.2 Å². The molecule has 186 valence electrons. The minimum absolute atomic E-state index is 0.0354. The van der Waals surface area contributed by atoms with Crippen LogP contribution in [-0.2, 0) is 7.05 Å². The van der Waals surface area contributed by atoms with Crippen molar-refractivity contribution in [2.45, 2.75) is 6.04 Å². The summed E-state index contributed by atoms with van der Waals surface area (Å²) in [5.74, 6) is 0.0926. The van der Waals surface area contributed by atoms with Crippen molar-refractivity contribution in [2.24, 2.45) is 12.8 Å². The zero-order valence-corrected chi connectivity index (χ0v) is 20.6. The highest BCUT2D eigenvalue weighted by Gasteiger charge is 2.27. The summed E-state index contributed by atoms with van der Waals surface area (Å²) in [6.45, 7) is 0. The molecule has 2 heterocycles. The molecule has 37 heavy (non-hydrogen) atoms. The second kappa shape index (κ2) is 9.62. The molecular formula is C28H25N5O4. The van der Waals surface area contributed by atoms with Crippen LogP contribution in [-0.4, -0.2) is 34.6 Å². The molecule has 0 saturated carbocycles. The molecule has 5 aromatic rings. The molecule has 0 aliphatic carbocycles. The molecule has 9 nitrogen and oxygen atoms in total. The highest BCUT2D eigenvalue weighted by molar-refractivity contribution is 5.92. The predicted octanol–water partition coefficient (Wildman–Crippen LogP) is 3.92. The lowest BCUT2D eigenvalue weighted by Gasteiger charge is -2.31. The Morgan fingerprint density at radius 2 is 1.62 bits per heavy atom. The van der Waals surface area contributed by atoms with Crippen molar-refractivity contribution < 1.29 is 13.9 Å². The van der Waals surface area contributed by atoms with Gasteiger partial charge in [-0.05, 0) is 35.4 Å². The molecule has 0 bridgehead atoms. The van der Waals surface area contributed by atoms with Crippen LogP contribution in [0.15, 0.2) is 88.1 Å². The van der Waals surface area contributed by atoms with Crippen molar-refractivity contribution in [3.63, 3.8) is 0 Å². The number of carbonyl (C=O) groups is 1. The molecule has 1 atom stereocenters. The van der Waals surface area contributed by atoms with E-state index < -0.39 is 5.91 Å². The molecule has 5 rings (SSSR count). The first-order valence-electron chi connectivity index (χ1n) is 11.6. The summed E-state index contributed by atoms with van der Waals surface area (Å²) >= 11 is 0. The third-order valence-corrected chi connectivity index (χ3v) is 6.26. The monoisotopic (exact) mass is 495 g/mol. The van der Waals surface area contributed by atoms with Gasteiger partial charge in [-0.15, -0.1) is 0 Å². The summed E-state index contributed by atoms with van der Waals surface area (Å²) in [5, 5.41) is 0. The Bertz CT molecular complexity index is 1610. The fourth-order valence-corrected chi connectivity index (χ4v) is 4.41. The summed E-state index contributed by atoms with van der Waals surface area (Å²) in [4.78, 5) is 36.3. The van der Waals surface area contributed by atoms with Gasteiger partial charge < -0.3 is 19.8 Å². The third-order valence-electron chi connectivity index (χ3n) is 6.26. The van der Waals surface area contributed by atoms with Crippen LogP contribution in [0.5, 0.6) is 5.75 Å². The first kappa shape index (κ1) is 23.8. The van der Waals surface area contributed by atoms with Crippen molar-refractivity contribution in [1.29, 1.82) is 0 Å². The number of nitrogens with two attached hydrogens (primary N) is 1. The van der Waals surface area contributed by atoms with E-state index in [0.29, 0.717) is 22.6 Å². The maximum atomic E-state index is 13.4. The van der Waals surface area contributed by atoms with E-state index >= 15 is 0 Å². The normalized spacial score (nSPS) is 11.9. The van der Waals surface area contributed by atoms with Crippen molar-refractivity contribution in [3.8, 4) is 17.3 Å². The largest absolute Gasteiger partial charge is 0.489 e. The number of carbonyl (C=O) groups excluding carboxylic acids is 1. The molecule has 1 amide bonds. The topological polar surface area (TPSA) is 116 Å². The SMILES string of the molecule is COc1c(-c2nc3ccccc3o2)nc(N(C)C(c2ccccc2)c2ccc(C(N)=O)cc2)n(C)c1=O. The van der Waals surface area contributed by atoms with E-state index in [-0.39, 0.29) is 28.9 Å². The van der Waals surface area contributed by atoms with Crippen LogP contribution in [0, 0.1) is 0 Å². The van der Waals surface area contributed by atoms with Gasteiger partial charge in [0.2, 0.25) is 17.6 Å². The number of primary amides is 1. The number of nitrogens with zero attached hydrogens (tertiary/aromatic N) is 4. The fraction of sp³-hybridized carbons (Fsp3) is 0.143. The molecule has 9 heteroatoms. The van der Waals surface area contributed by atoms with E-state index in [1.165, 1.54) is 11.7 Å². The Labute approximate surface area is 212 Å². The number of para-hydroxylation sites is 2. The van der Waals surface area contributed by atoms with E-state index in [1.807, 2.05) is 72.6 Å². The average Bonchev–Trinajstić information content (AvgIpc) is 3.35. The fourth-order valence-electron chi connectivity index (χ4n) is 4.41. The van der Waals surface area contributed by atoms with Crippen molar-refractivity contribution >= 4 is 23.0 Å². The summed E-state index contributed by atoms with van der Waals surface area (Å²) in [7, 11) is 4.91. The number of ether oxygens (including phenoxy) is 1. The molecular weight excluding hydrogens is 470 g/mol. The van der Waals surface area contributed by atoms with Gasteiger partial charge in [-0.1, -0.05) is 54.6 Å². The van der Waals surface area contributed by atoms with Gasteiger partial charge in [0.1, 0.15) is 5.52 Å². The lowest BCUT2D eigenvalue weighted by atomic mass is 9.96. The highest BCUT2D eigenvalue weighted by atomic mass is 16.5. The van der Waals surface area contributed by atoms with Gasteiger partial charge in [0, 0.05) is 19.7 Å². The Kier molecular flexibility index (Phi) is 6.19. The Balaban J connectivity index is 1.68. The van der Waals surface area contributed by atoms with E-state index in [2.05, 4.69) is 4.98 Å². The summed E-state index contributed by atoms with van der Waals surface area (Å²) in [6.07, 6.45) is 0. The number of anilines is 1. The number of fused-ring (bicyclic) bond motifs is 1. The van der Waals surface area contributed by atoms with Gasteiger partial charge in [0.15, 0.2) is 11.3 Å². The van der Waals surface area contributed by atoms with Crippen LogP contribution in [0.4, 0.5) is 5.95 Å². The molecule has 1 unspecified atom stereocenters. The standard InChI is InChI=1S/C28H25N5O4/c1-32(23(17-9-5-4-6-10-17)18-13-15-19(16-14-18)25(29)34)28-31-22(24(36-3)27(35)33(28)2)26-30-20-11-7-8-12-21(20)37-26/h4-16,23H,1-3H3,(H2,29,34). The number of hydrogen-bond acceptors (Lipinski definition) is 7. The van der Waals surface area contributed by atoms with Gasteiger partial charge >= 0.3 is 0 Å². The number of rotatable bonds is 7. The third kappa shape index (κ3) is 4.31. The smallest absolute Gasteiger partial charge is 0.297 e. The molecule has 2 N–H and O–H groups in total. The zero-order chi connectivity index (χ0) is 26.1. The maximum absolute atomic E-state index is 13.4. The predicted molar refractivity (Wildman–Crippen MR) is 141 cm³/mol. The zero-order valence-electron chi connectivity index (χ0n) is 20.6. The van der Waals surface area contributed by atoms with E-state index in [4.69, 9.17) is 19.9 Å². The second-order valence-corrected chi connectivity index (χ2v) is 8.55. The maximum Gasteiger partial charge on any atom is 0.297 e. The number of hydrogen-bond donors (Lipinski definition) is 1. The quantitative estimate of drug-likeness (QED) is 0.364. The Hall–Kier alpha value is -4.92. The molecule has 0 aliphatic heterocycles. The molecule has 0 radical (unpaired) electrons. The molecule has 3 aromatic carbocycles. The molecule has 0 spiro atoms. The van der Waals surface area contributed by atoms with Crippen LogP contribution in [0.25, 0.3) is 22.7 Å². The first-order valence-corrected chi connectivity index (χ1v) is 11.6. The average molecular weight is 496 g/mol. The first-order chi connectivity index (χ1) is 17.9. The van der Waals surface area contributed by atoms with Crippen LogP contribution < -0.4 is 20.9 Å². The van der Waals surface area contributed by atoms with Gasteiger partial charge in [0.25, 0.3) is 11.4 Å². The number of benzene rings is 3. The number of aromatic nitrogens is 3. The summed E-state index contributed by atoms with van der Waals surface area (Å²) in [6, 6.07) is 23.9. The molecule has 0 saturated heterocycles. The lowest BCUT2D eigenvalue weighted by molar-refractivity contribution is 0.100. The van der Waals surface area contributed by atoms with Crippen LogP contribution in [0.3, 0.4) is 0 Å². The molecule has 0 aliphatic rings. The number of oxazole rings is 1. The van der Waals surface area contributed by atoms with Gasteiger partial charge in [-0.3, -0.25) is 14.2 Å². The van der Waals surface area contributed by atoms with E-state index in [0.717, 1.165) is 11.1 Å². The van der Waals surface area contributed by atoms with Crippen molar-refractivity contribution in [2.75, 3.05) is 19.1 Å². The van der Waals surface area contributed by atoms with Crippen LogP contribution in [0.2, 0.25) is 0 Å². The van der Waals surface area contributed by atoms with Gasteiger partial charge in [-0.25, -0.2) is 9.97 Å². The second-order valence-electron chi connectivity index (χ2n) is 8.55. The summed E-state index contributed by atoms with van der Waals surface area (Å²) < 4.78 is 12.8. The van der Waals surface area contributed by atoms with E-state index in [1.54, 1.807) is 25.2 Å². The minimum atomic E-state index is -0.502. The molecule has 2 aromatic heterocycles. The molecule has 0 fully saturated rings. The number of amides is 1. The Morgan fingerprint density at radius 1 is 0.973 bits per heavy atom. The van der Waals surface area contributed by atoms with Crippen molar-refractivity contribution in [1.82, 2.24) is 14.5 Å². The number of methoxy groups -OCH3 is 1. The van der Waals surface area contributed by atoms with Gasteiger partial charge in [-0.2, -0.15) is 0 Å².